The largest absolute Gasteiger partial charge is 0.495 e. The van der Waals surface area contributed by atoms with E-state index in [2.05, 4.69) is 0 Å². The van der Waals surface area contributed by atoms with Crippen LogP contribution in [0.25, 0.3) is 0 Å². The van der Waals surface area contributed by atoms with Crippen LogP contribution in [0.1, 0.15) is 12.8 Å². The zero-order valence-electron chi connectivity index (χ0n) is 12.4. The molecule has 118 valence electrons. The van der Waals surface area contributed by atoms with Gasteiger partial charge < -0.3 is 15.2 Å². The van der Waals surface area contributed by atoms with Gasteiger partial charge in [-0.25, -0.2) is 8.42 Å². The molecule has 0 bridgehead atoms. The molecule has 7 heteroatoms. The number of sulfonamides is 1. The van der Waals surface area contributed by atoms with Crippen molar-refractivity contribution in [1.82, 2.24) is 4.31 Å². The van der Waals surface area contributed by atoms with Gasteiger partial charge in [-0.05, 0) is 30.9 Å². The first-order chi connectivity index (χ1) is 9.98. The molecule has 21 heavy (non-hydrogen) atoms. The van der Waals surface area contributed by atoms with Gasteiger partial charge in [-0.3, -0.25) is 0 Å². The maximum atomic E-state index is 12.7. The molecule has 1 heterocycles. The molecule has 1 fully saturated rings. The molecule has 2 rings (SSSR count). The van der Waals surface area contributed by atoms with Crippen LogP contribution < -0.4 is 10.5 Å². The van der Waals surface area contributed by atoms with Crippen molar-refractivity contribution in [2.75, 3.05) is 39.6 Å². The number of piperidine rings is 1. The lowest BCUT2D eigenvalue weighted by Gasteiger charge is -2.31. The van der Waals surface area contributed by atoms with Crippen LogP contribution in [0, 0.1) is 5.92 Å². The fraction of sp³-hybridized carbons (Fsp3) is 0.571. The summed E-state index contributed by atoms with van der Waals surface area (Å²) in [4.78, 5) is 0.214. The molecule has 0 radical (unpaired) electrons. The van der Waals surface area contributed by atoms with Gasteiger partial charge in [-0.1, -0.05) is 0 Å². The van der Waals surface area contributed by atoms with Crippen molar-refractivity contribution in [3.8, 4) is 5.75 Å². The molecular weight excluding hydrogens is 292 g/mol. The Balaban J connectivity index is 2.25. The number of benzene rings is 1. The minimum Gasteiger partial charge on any atom is -0.495 e. The van der Waals surface area contributed by atoms with Gasteiger partial charge in [0.15, 0.2) is 0 Å². The lowest BCUT2D eigenvalue weighted by molar-refractivity contribution is 0.118. The zero-order chi connectivity index (χ0) is 15.5. The van der Waals surface area contributed by atoms with Crippen LogP contribution in [0.5, 0.6) is 5.75 Å². The summed E-state index contributed by atoms with van der Waals surface area (Å²) in [6.07, 6.45) is 1.84. The van der Waals surface area contributed by atoms with E-state index in [1.54, 1.807) is 13.2 Å². The molecule has 6 nitrogen and oxygen atoms in total. The van der Waals surface area contributed by atoms with Gasteiger partial charge in [0, 0.05) is 26.3 Å². The Morgan fingerprint density at radius 2 is 2.14 bits per heavy atom. The van der Waals surface area contributed by atoms with E-state index in [1.807, 2.05) is 0 Å². The quantitative estimate of drug-likeness (QED) is 0.829. The summed E-state index contributed by atoms with van der Waals surface area (Å²) in [6, 6.07) is 4.56. The maximum Gasteiger partial charge on any atom is 0.243 e. The first-order valence-electron chi connectivity index (χ1n) is 6.91. The number of nitrogens with two attached hydrogens (primary N) is 1. The topological polar surface area (TPSA) is 81.9 Å². The molecule has 0 amide bonds. The Kier molecular flexibility index (Phi) is 5.08. The highest BCUT2D eigenvalue weighted by molar-refractivity contribution is 7.89. The van der Waals surface area contributed by atoms with Crippen molar-refractivity contribution in [1.29, 1.82) is 0 Å². The van der Waals surface area contributed by atoms with Gasteiger partial charge in [-0.2, -0.15) is 4.31 Å². The molecule has 0 aromatic heterocycles. The van der Waals surface area contributed by atoms with E-state index in [0.29, 0.717) is 31.1 Å². The number of ether oxygens (including phenoxy) is 2. The van der Waals surface area contributed by atoms with Crippen molar-refractivity contribution in [2.24, 2.45) is 5.92 Å². The number of nitrogen functional groups attached to an aromatic ring is 1. The van der Waals surface area contributed by atoms with Crippen LogP contribution in [0.4, 0.5) is 5.69 Å². The Hall–Kier alpha value is -1.31. The van der Waals surface area contributed by atoms with E-state index in [9.17, 15) is 8.42 Å². The van der Waals surface area contributed by atoms with Crippen molar-refractivity contribution in [3.05, 3.63) is 18.2 Å². The Morgan fingerprint density at radius 1 is 1.38 bits per heavy atom. The van der Waals surface area contributed by atoms with Gasteiger partial charge in [0.05, 0.1) is 24.3 Å². The predicted octanol–water partition coefficient (Wildman–Crippen LogP) is 1.32. The van der Waals surface area contributed by atoms with Crippen LogP contribution >= 0.6 is 0 Å². The number of anilines is 1. The van der Waals surface area contributed by atoms with Crippen molar-refractivity contribution in [2.45, 2.75) is 17.7 Å². The second-order valence-electron chi connectivity index (χ2n) is 5.23. The third kappa shape index (κ3) is 3.48. The Labute approximate surface area is 125 Å². The number of methoxy groups -OCH3 is 2. The molecule has 0 aliphatic carbocycles. The lowest BCUT2D eigenvalue weighted by Crippen LogP contribution is -2.41. The molecule has 1 unspecified atom stereocenters. The molecule has 1 saturated heterocycles. The van der Waals surface area contributed by atoms with E-state index in [1.165, 1.54) is 23.5 Å². The summed E-state index contributed by atoms with van der Waals surface area (Å²) in [7, 11) is -0.413. The second-order valence-corrected chi connectivity index (χ2v) is 7.17. The molecule has 0 saturated carbocycles. The Morgan fingerprint density at radius 3 is 2.81 bits per heavy atom. The average Bonchev–Trinajstić information content (AvgIpc) is 2.48. The number of rotatable bonds is 5. The number of nitrogens with zero attached hydrogens (tertiary/aromatic N) is 1. The highest BCUT2D eigenvalue weighted by Gasteiger charge is 2.30. The summed E-state index contributed by atoms with van der Waals surface area (Å²) in [5.74, 6) is 0.621. The van der Waals surface area contributed by atoms with Crippen molar-refractivity contribution < 1.29 is 17.9 Å². The molecule has 1 aliphatic heterocycles. The first-order valence-corrected chi connectivity index (χ1v) is 8.35. The first kappa shape index (κ1) is 16.1. The van der Waals surface area contributed by atoms with E-state index in [-0.39, 0.29) is 10.8 Å². The van der Waals surface area contributed by atoms with Crippen molar-refractivity contribution >= 4 is 15.7 Å². The summed E-state index contributed by atoms with van der Waals surface area (Å²) in [5, 5.41) is 0. The van der Waals surface area contributed by atoms with E-state index in [0.717, 1.165) is 12.8 Å². The maximum absolute atomic E-state index is 12.7. The summed E-state index contributed by atoms with van der Waals surface area (Å²) in [5.41, 5.74) is 6.16. The van der Waals surface area contributed by atoms with E-state index >= 15 is 0 Å². The number of hydrogen-bond acceptors (Lipinski definition) is 5. The standard InChI is InChI=1S/C14H22N2O4S/c1-19-10-11-4-3-7-16(9-11)21(17,18)12-5-6-13(15)14(8-12)20-2/h5-6,8,11H,3-4,7,9-10,15H2,1-2H3. The van der Waals surface area contributed by atoms with Gasteiger partial charge in [-0.15, -0.1) is 0 Å². The minimum atomic E-state index is -3.52. The second kappa shape index (κ2) is 6.64. The normalized spacial score (nSPS) is 20.4. The average molecular weight is 314 g/mol. The van der Waals surface area contributed by atoms with Crippen LogP contribution in [0.15, 0.2) is 23.1 Å². The molecule has 1 aromatic carbocycles. The monoisotopic (exact) mass is 314 g/mol. The number of hydrogen-bond donors (Lipinski definition) is 1. The Bertz CT molecular complexity index is 587. The van der Waals surface area contributed by atoms with Gasteiger partial charge >= 0.3 is 0 Å². The highest BCUT2D eigenvalue weighted by atomic mass is 32.2. The molecule has 1 aliphatic rings. The highest BCUT2D eigenvalue weighted by Crippen LogP contribution is 2.29. The smallest absolute Gasteiger partial charge is 0.243 e. The summed E-state index contributed by atoms with van der Waals surface area (Å²) in [6.45, 7) is 1.61. The van der Waals surface area contributed by atoms with Crippen LogP contribution in [0.2, 0.25) is 0 Å². The molecular formula is C14H22N2O4S. The molecule has 2 N–H and O–H groups in total. The predicted molar refractivity (Wildman–Crippen MR) is 80.8 cm³/mol. The lowest BCUT2D eigenvalue weighted by atomic mass is 10.0. The third-order valence-electron chi connectivity index (χ3n) is 3.73. The van der Waals surface area contributed by atoms with Crippen LogP contribution in [-0.4, -0.2) is 46.6 Å². The van der Waals surface area contributed by atoms with Crippen LogP contribution in [0.3, 0.4) is 0 Å². The molecule has 0 spiro atoms. The van der Waals surface area contributed by atoms with E-state index < -0.39 is 10.0 Å². The molecule has 1 aromatic rings. The SMILES string of the molecule is COCC1CCCN(S(=O)(=O)c2ccc(N)c(OC)c2)C1. The van der Waals surface area contributed by atoms with Gasteiger partial charge in [0.25, 0.3) is 0 Å². The van der Waals surface area contributed by atoms with Gasteiger partial charge in [0.2, 0.25) is 10.0 Å². The summed E-state index contributed by atoms with van der Waals surface area (Å²) >= 11 is 0. The van der Waals surface area contributed by atoms with Crippen molar-refractivity contribution in [3.63, 3.8) is 0 Å². The molecule has 1 atom stereocenters. The fourth-order valence-corrected chi connectivity index (χ4v) is 4.19. The van der Waals surface area contributed by atoms with E-state index in [4.69, 9.17) is 15.2 Å². The fourth-order valence-electron chi connectivity index (χ4n) is 2.62. The minimum absolute atomic E-state index is 0.214. The third-order valence-corrected chi connectivity index (χ3v) is 5.59. The van der Waals surface area contributed by atoms with Crippen LogP contribution in [-0.2, 0) is 14.8 Å². The summed E-state index contributed by atoms with van der Waals surface area (Å²) < 4.78 is 37.2. The van der Waals surface area contributed by atoms with Gasteiger partial charge in [0.1, 0.15) is 5.75 Å². The zero-order valence-corrected chi connectivity index (χ0v) is 13.2.